The molecule has 1 saturated heterocycles. The van der Waals surface area contributed by atoms with E-state index in [0.717, 1.165) is 12.8 Å². The summed E-state index contributed by atoms with van der Waals surface area (Å²) in [6.07, 6.45) is 4.13. The lowest BCUT2D eigenvalue weighted by molar-refractivity contribution is -0.145. The molecule has 19 heavy (non-hydrogen) atoms. The molecule has 2 heterocycles. The Morgan fingerprint density at radius 3 is 2.74 bits per heavy atom. The van der Waals surface area contributed by atoms with Crippen molar-refractivity contribution in [3.8, 4) is 0 Å². The number of carbonyl (C=O) groups excluding carboxylic acids is 1. The monoisotopic (exact) mass is 283 g/mol. The van der Waals surface area contributed by atoms with Gasteiger partial charge < -0.3 is 10.0 Å². The molecule has 1 aliphatic rings. The first-order chi connectivity index (χ1) is 9.00. The maximum atomic E-state index is 12.3. The number of hydrogen-bond acceptors (Lipinski definition) is 4. The molecule has 7 heteroatoms. The molecule has 2 unspecified atom stereocenters. The molecule has 0 spiro atoms. The summed E-state index contributed by atoms with van der Waals surface area (Å²) in [5.74, 6) is -1.47. The molecule has 0 aliphatic carbocycles. The average molecular weight is 284 g/mol. The van der Waals surface area contributed by atoms with Crippen molar-refractivity contribution in [2.45, 2.75) is 25.8 Å². The van der Waals surface area contributed by atoms with E-state index >= 15 is 0 Å². The molecule has 1 aromatic rings. The number of carbonyl (C=O) groups is 2. The topological polar surface area (TPSA) is 83.4 Å². The van der Waals surface area contributed by atoms with Crippen molar-refractivity contribution < 1.29 is 14.7 Å². The lowest BCUT2D eigenvalue weighted by atomic mass is 9.90. The highest BCUT2D eigenvalue weighted by molar-refractivity contribution is 6.29. The van der Waals surface area contributed by atoms with Crippen LogP contribution in [0.5, 0.6) is 0 Å². The van der Waals surface area contributed by atoms with Crippen molar-refractivity contribution in [1.82, 2.24) is 14.9 Å². The summed E-state index contributed by atoms with van der Waals surface area (Å²) < 4.78 is 0. The first-order valence-electron chi connectivity index (χ1n) is 6.02. The molecule has 0 saturated carbocycles. The predicted octanol–water partition coefficient (Wildman–Crippen LogP) is 1.46. The molecule has 1 amide bonds. The fraction of sp³-hybridized carbons (Fsp3) is 0.500. The minimum Gasteiger partial charge on any atom is -0.480 e. The highest BCUT2D eigenvalue weighted by atomic mass is 35.5. The van der Waals surface area contributed by atoms with Crippen molar-refractivity contribution >= 4 is 23.5 Å². The smallest absolute Gasteiger partial charge is 0.326 e. The van der Waals surface area contributed by atoms with Crippen LogP contribution in [0.4, 0.5) is 0 Å². The minimum atomic E-state index is -0.984. The number of piperidine rings is 1. The lowest BCUT2D eigenvalue weighted by Crippen LogP contribution is -2.52. The second-order valence-electron chi connectivity index (χ2n) is 4.63. The van der Waals surface area contributed by atoms with Gasteiger partial charge in [0.25, 0.3) is 5.91 Å². The zero-order valence-corrected chi connectivity index (χ0v) is 11.2. The summed E-state index contributed by atoms with van der Waals surface area (Å²) in [4.78, 5) is 32.6. The molecule has 2 atom stereocenters. The van der Waals surface area contributed by atoms with Crippen LogP contribution in [0.3, 0.4) is 0 Å². The van der Waals surface area contributed by atoms with Gasteiger partial charge in [-0.15, -0.1) is 0 Å². The number of carboxylic acid groups (broad SMARTS) is 1. The third-order valence-corrected chi connectivity index (χ3v) is 3.48. The summed E-state index contributed by atoms with van der Waals surface area (Å²) in [6.45, 7) is 2.26. The number of rotatable bonds is 2. The quantitative estimate of drug-likeness (QED) is 0.888. The maximum Gasteiger partial charge on any atom is 0.326 e. The first-order valence-corrected chi connectivity index (χ1v) is 6.40. The van der Waals surface area contributed by atoms with Gasteiger partial charge >= 0.3 is 5.97 Å². The highest BCUT2D eigenvalue weighted by Gasteiger charge is 2.37. The van der Waals surface area contributed by atoms with Crippen LogP contribution in [0.1, 0.15) is 30.3 Å². The molecule has 6 nitrogen and oxygen atoms in total. The molecular weight excluding hydrogens is 270 g/mol. The Hall–Kier alpha value is -1.69. The Morgan fingerprint density at radius 2 is 2.16 bits per heavy atom. The van der Waals surface area contributed by atoms with Crippen LogP contribution >= 0.6 is 11.6 Å². The van der Waals surface area contributed by atoms with E-state index in [-0.39, 0.29) is 16.8 Å². The summed E-state index contributed by atoms with van der Waals surface area (Å²) >= 11 is 5.61. The standard InChI is InChI=1S/C12H14ClN3O3/c1-7-3-2-4-16(10(7)12(18)19)11(17)8-5-15-9(13)6-14-8/h5-7,10H,2-4H2,1H3,(H,18,19). The van der Waals surface area contributed by atoms with E-state index in [9.17, 15) is 14.7 Å². The molecule has 1 N–H and O–H groups in total. The normalized spacial score (nSPS) is 23.2. The van der Waals surface area contributed by atoms with Crippen molar-refractivity contribution in [3.05, 3.63) is 23.2 Å². The number of nitrogens with zero attached hydrogens (tertiary/aromatic N) is 3. The van der Waals surface area contributed by atoms with Crippen molar-refractivity contribution in [1.29, 1.82) is 0 Å². The molecule has 1 aromatic heterocycles. The Morgan fingerprint density at radius 1 is 1.42 bits per heavy atom. The maximum absolute atomic E-state index is 12.3. The Labute approximate surface area is 115 Å². The van der Waals surface area contributed by atoms with E-state index in [2.05, 4.69) is 9.97 Å². The largest absolute Gasteiger partial charge is 0.480 e. The van der Waals surface area contributed by atoms with Gasteiger partial charge in [-0.05, 0) is 18.8 Å². The van der Waals surface area contributed by atoms with Gasteiger partial charge in [0.05, 0.1) is 12.4 Å². The number of aromatic nitrogens is 2. The van der Waals surface area contributed by atoms with Crippen LogP contribution < -0.4 is 0 Å². The summed E-state index contributed by atoms with van der Waals surface area (Å²) in [5.41, 5.74) is 0.116. The van der Waals surface area contributed by atoms with E-state index < -0.39 is 17.9 Å². The number of aliphatic carboxylic acids is 1. The number of amides is 1. The first kappa shape index (κ1) is 13.7. The number of hydrogen-bond donors (Lipinski definition) is 1. The summed E-state index contributed by atoms with van der Waals surface area (Å²) in [6, 6.07) is -0.807. The van der Waals surface area contributed by atoms with Gasteiger partial charge in [-0.3, -0.25) is 4.79 Å². The fourth-order valence-electron chi connectivity index (χ4n) is 2.36. The van der Waals surface area contributed by atoms with E-state index in [4.69, 9.17) is 11.6 Å². The zero-order valence-electron chi connectivity index (χ0n) is 10.4. The lowest BCUT2D eigenvalue weighted by Gasteiger charge is -2.36. The van der Waals surface area contributed by atoms with Crippen LogP contribution in [-0.4, -0.2) is 44.4 Å². The molecular formula is C12H14ClN3O3. The van der Waals surface area contributed by atoms with E-state index in [1.165, 1.54) is 17.3 Å². The molecule has 1 fully saturated rings. The van der Waals surface area contributed by atoms with Crippen molar-refractivity contribution in [3.63, 3.8) is 0 Å². The average Bonchev–Trinajstić information content (AvgIpc) is 2.38. The fourth-order valence-corrected chi connectivity index (χ4v) is 2.46. The molecule has 1 aliphatic heterocycles. The van der Waals surface area contributed by atoms with Crippen LogP contribution in [0.15, 0.2) is 12.4 Å². The Kier molecular flexibility index (Phi) is 3.99. The third-order valence-electron chi connectivity index (χ3n) is 3.29. The SMILES string of the molecule is CC1CCCN(C(=O)c2cnc(Cl)cn2)C1C(=O)O. The van der Waals surface area contributed by atoms with Gasteiger partial charge in [-0.1, -0.05) is 18.5 Å². The van der Waals surface area contributed by atoms with Crippen LogP contribution in [0.2, 0.25) is 5.15 Å². The molecule has 102 valence electrons. The van der Waals surface area contributed by atoms with Gasteiger partial charge in [-0.25, -0.2) is 14.8 Å². The Bertz CT molecular complexity index is 491. The van der Waals surface area contributed by atoms with Crippen LogP contribution in [0.25, 0.3) is 0 Å². The van der Waals surface area contributed by atoms with Gasteiger partial charge in [0.2, 0.25) is 0 Å². The molecule has 0 bridgehead atoms. The second-order valence-corrected chi connectivity index (χ2v) is 5.01. The molecule has 2 rings (SSSR count). The third kappa shape index (κ3) is 2.84. The molecule has 0 aromatic carbocycles. The summed E-state index contributed by atoms with van der Waals surface area (Å²) in [5, 5.41) is 9.46. The minimum absolute atomic E-state index is 0.0736. The zero-order chi connectivity index (χ0) is 14.0. The van der Waals surface area contributed by atoms with Gasteiger partial charge in [0.1, 0.15) is 16.9 Å². The number of halogens is 1. The molecule has 0 radical (unpaired) electrons. The number of likely N-dealkylation sites (tertiary alicyclic amines) is 1. The van der Waals surface area contributed by atoms with Crippen LogP contribution in [-0.2, 0) is 4.79 Å². The van der Waals surface area contributed by atoms with E-state index in [1.807, 2.05) is 6.92 Å². The second kappa shape index (κ2) is 5.52. The number of carboxylic acids is 1. The van der Waals surface area contributed by atoms with Gasteiger partial charge in [0, 0.05) is 6.54 Å². The summed E-state index contributed by atoms with van der Waals surface area (Å²) in [7, 11) is 0. The predicted molar refractivity (Wildman–Crippen MR) is 67.9 cm³/mol. The Balaban J connectivity index is 2.25. The van der Waals surface area contributed by atoms with E-state index in [1.54, 1.807) is 0 Å². The van der Waals surface area contributed by atoms with E-state index in [0.29, 0.717) is 6.54 Å². The highest BCUT2D eigenvalue weighted by Crippen LogP contribution is 2.24. The van der Waals surface area contributed by atoms with Crippen molar-refractivity contribution in [2.24, 2.45) is 5.92 Å². The van der Waals surface area contributed by atoms with Gasteiger partial charge in [0.15, 0.2) is 0 Å². The van der Waals surface area contributed by atoms with Crippen LogP contribution in [0, 0.1) is 5.92 Å². The van der Waals surface area contributed by atoms with Crippen molar-refractivity contribution in [2.75, 3.05) is 6.54 Å². The van der Waals surface area contributed by atoms with Gasteiger partial charge in [-0.2, -0.15) is 0 Å².